The van der Waals surface area contributed by atoms with Crippen molar-refractivity contribution in [3.8, 4) is 0 Å². The summed E-state index contributed by atoms with van der Waals surface area (Å²) in [6.45, 7) is 12.1. The van der Waals surface area contributed by atoms with Crippen LogP contribution in [0.4, 0.5) is 5.69 Å². The maximum atomic E-state index is 12.9. The first kappa shape index (κ1) is 23.8. The third-order valence-electron chi connectivity index (χ3n) is 5.47. The lowest BCUT2D eigenvalue weighted by atomic mass is 10.1. The fourth-order valence-electron chi connectivity index (χ4n) is 4.06. The number of likely N-dealkylation sites (N-methyl/N-ethyl adjacent to an activating group) is 1. The van der Waals surface area contributed by atoms with E-state index >= 15 is 0 Å². The number of rotatable bonds is 10. The number of carbonyl (C=O) groups is 2. The summed E-state index contributed by atoms with van der Waals surface area (Å²) in [7, 11) is 3.57. The number of carbonyl (C=O) groups excluding carboxylic acids is 2. The summed E-state index contributed by atoms with van der Waals surface area (Å²) < 4.78 is 7.29. The maximum Gasteiger partial charge on any atom is 0.279 e. The van der Waals surface area contributed by atoms with E-state index in [0.29, 0.717) is 6.61 Å². The Morgan fingerprint density at radius 2 is 1.67 bits per heavy atom. The molecule has 0 saturated carbocycles. The molecule has 1 heterocycles. The molecule has 0 aliphatic rings. The summed E-state index contributed by atoms with van der Waals surface area (Å²) in [5, 5.41) is 3.02. The lowest BCUT2D eigenvalue weighted by Crippen LogP contribution is -3.11. The number of aryl methyl sites for hydroxylation is 4. The number of ether oxygens (including phenoxy) is 1. The Morgan fingerprint density at radius 1 is 1.03 bits per heavy atom. The summed E-state index contributed by atoms with van der Waals surface area (Å²) in [6.07, 6.45) is 0.906. The van der Waals surface area contributed by atoms with Crippen LogP contribution in [0, 0.1) is 34.6 Å². The van der Waals surface area contributed by atoms with Crippen molar-refractivity contribution < 1.29 is 19.2 Å². The number of amides is 1. The lowest BCUT2D eigenvalue weighted by Gasteiger charge is -2.16. The summed E-state index contributed by atoms with van der Waals surface area (Å²) in [6, 6.07) is 6.08. The van der Waals surface area contributed by atoms with Gasteiger partial charge in [-0.2, -0.15) is 0 Å². The van der Waals surface area contributed by atoms with Crippen molar-refractivity contribution in [2.45, 2.75) is 47.6 Å². The van der Waals surface area contributed by atoms with Gasteiger partial charge < -0.3 is 19.5 Å². The van der Waals surface area contributed by atoms with E-state index in [9.17, 15) is 9.59 Å². The molecule has 1 aromatic carbocycles. The number of ketones is 1. The molecule has 0 radical (unpaired) electrons. The van der Waals surface area contributed by atoms with Crippen LogP contribution in [-0.2, 0) is 16.1 Å². The molecule has 0 saturated heterocycles. The van der Waals surface area contributed by atoms with Gasteiger partial charge in [-0.15, -0.1) is 0 Å². The minimum Gasteiger partial charge on any atom is -0.385 e. The summed E-state index contributed by atoms with van der Waals surface area (Å²) in [5.41, 5.74) is 6.95. The number of anilines is 1. The van der Waals surface area contributed by atoms with E-state index in [1.165, 1.54) is 5.56 Å². The van der Waals surface area contributed by atoms with Crippen molar-refractivity contribution in [2.75, 3.05) is 39.2 Å². The summed E-state index contributed by atoms with van der Waals surface area (Å²) in [5.74, 6) is -0.0190. The van der Waals surface area contributed by atoms with E-state index in [4.69, 9.17) is 4.74 Å². The first-order chi connectivity index (χ1) is 14.1. The molecule has 2 N–H and O–H groups in total. The lowest BCUT2D eigenvalue weighted by molar-refractivity contribution is -0.861. The van der Waals surface area contributed by atoms with E-state index in [0.717, 1.165) is 51.6 Å². The van der Waals surface area contributed by atoms with Crippen molar-refractivity contribution in [2.24, 2.45) is 0 Å². The zero-order valence-corrected chi connectivity index (χ0v) is 19.4. The van der Waals surface area contributed by atoms with Crippen LogP contribution in [-0.4, -0.2) is 50.1 Å². The van der Waals surface area contributed by atoms with E-state index in [1.54, 1.807) is 7.11 Å². The van der Waals surface area contributed by atoms with Crippen LogP contribution in [0.3, 0.4) is 0 Å². The van der Waals surface area contributed by atoms with Gasteiger partial charge in [-0.05, 0) is 58.2 Å². The zero-order chi connectivity index (χ0) is 22.4. The normalized spacial score (nSPS) is 12.1. The summed E-state index contributed by atoms with van der Waals surface area (Å²) in [4.78, 5) is 26.3. The Bertz CT molecular complexity index is 892. The maximum absolute atomic E-state index is 12.9. The number of quaternary nitrogens is 1. The predicted octanol–water partition coefficient (Wildman–Crippen LogP) is 2.40. The monoisotopic (exact) mass is 414 g/mol. The van der Waals surface area contributed by atoms with Gasteiger partial charge in [0.2, 0.25) is 5.78 Å². The van der Waals surface area contributed by atoms with Gasteiger partial charge in [0.05, 0.1) is 7.05 Å². The predicted molar refractivity (Wildman–Crippen MR) is 121 cm³/mol. The molecule has 6 nitrogen and oxygen atoms in total. The van der Waals surface area contributed by atoms with Gasteiger partial charge in [0.1, 0.15) is 6.54 Å². The quantitative estimate of drug-likeness (QED) is 0.464. The number of nitrogens with one attached hydrogen (secondary N) is 2. The highest BCUT2D eigenvalue weighted by molar-refractivity contribution is 5.98. The zero-order valence-electron chi connectivity index (χ0n) is 19.4. The average Bonchev–Trinajstić information content (AvgIpc) is 2.93. The molecule has 0 aliphatic carbocycles. The van der Waals surface area contributed by atoms with Crippen LogP contribution in [0.2, 0.25) is 0 Å². The van der Waals surface area contributed by atoms with Gasteiger partial charge in [0.15, 0.2) is 6.54 Å². The number of hydrogen-bond donors (Lipinski definition) is 2. The van der Waals surface area contributed by atoms with Crippen molar-refractivity contribution in [1.29, 1.82) is 0 Å². The molecule has 0 aliphatic heterocycles. The Labute approximate surface area is 180 Å². The first-order valence-electron chi connectivity index (χ1n) is 10.5. The Morgan fingerprint density at radius 3 is 2.27 bits per heavy atom. The van der Waals surface area contributed by atoms with Crippen molar-refractivity contribution in [3.05, 3.63) is 51.8 Å². The smallest absolute Gasteiger partial charge is 0.279 e. The fraction of sp³-hybridized carbons (Fsp3) is 0.500. The van der Waals surface area contributed by atoms with Crippen LogP contribution >= 0.6 is 0 Å². The van der Waals surface area contributed by atoms with Crippen LogP contribution in [0.25, 0.3) is 0 Å². The number of benzene rings is 1. The highest BCUT2D eigenvalue weighted by atomic mass is 16.5. The van der Waals surface area contributed by atoms with Gasteiger partial charge in [-0.25, -0.2) is 0 Å². The molecule has 0 spiro atoms. The van der Waals surface area contributed by atoms with E-state index < -0.39 is 0 Å². The van der Waals surface area contributed by atoms with E-state index in [1.807, 2.05) is 47.7 Å². The second-order valence-electron chi connectivity index (χ2n) is 8.34. The molecule has 6 heteroatoms. The second-order valence-corrected chi connectivity index (χ2v) is 8.34. The number of hydrogen-bond acceptors (Lipinski definition) is 3. The minimum absolute atomic E-state index is 0.0640. The molecule has 1 amide bonds. The molecule has 1 unspecified atom stereocenters. The molecule has 1 aromatic heterocycles. The van der Waals surface area contributed by atoms with Crippen LogP contribution < -0.4 is 10.2 Å². The third kappa shape index (κ3) is 6.03. The van der Waals surface area contributed by atoms with Gasteiger partial charge in [-0.3, -0.25) is 9.59 Å². The molecular formula is C24H36N3O3+. The van der Waals surface area contributed by atoms with E-state index in [2.05, 4.69) is 22.0 Å². The average molecular weight is 415 g/mol. The van der Waals surface area contributed by atoms with Gasteiger partial charge >= 0.3 is 0 Å². The number of Topliss-reactive ketones (excluding diaryl/α,β-unsaturated/α-hetero) is 1. The van der Waals surface area contributed by atoms with Crippen LogP contribution in [0.1, 0.15) is 44.9 Å². The molecule has 164 valence electrons. The Kier molecular flexibility index (Phi) is 8.38. The number of aromatic nitrogens is 1. The fourth-order valence-corrected chi connectivity index (χ4v) is 4.06. The van der Waals surface area contributed by atoms with Gasteiger partial charge in [0, 0.05) is 42.9 Å². The van der Waals surface area contributed by atoms with Crippen molar-refractivity contribution in [1.82, 2.24) is 4.57 Å². The van der Waals surface area contributed by atoms with E-state index in [-0.39, 0.29) is 24.8 Å². The highest BCUT2D eigenvalue weighted by Crippen LogP contribution is 2.21. The van der Waals surface area contributed by atoms with Crippen LogP contribution in [0.15, 0.2) is 18.2 Å². The largest absolute Gasteiger partial charge is 0.385 e. The first-order valence-corrected chi connectivity index (χ1v) is 10.5. The number of methoxy groups -OCH3 is 1. The molecule has 2 rings (SSSR count). The molecule has 0 fully saturated rings. The number of nitrogens with zero attached hydrogens (tertiary/aromatic N) is 1. The second kappa shape index (κ2) is 10.5. The Balaban J connectivity index is 1.98. The van der Waals surface area contributed by atoms with Crippen molar-refractivity contribution >= 4 is 17.4 Å². The van der Waals surface area contributed by atoms with Crippen LogP contribution in [0.5, 0.6) is 0 Å². The Hall–Kier alpha value is -2.44. The molecule has 30 heavy (non-hydrogen) atoms. The third-order valence-corrected chi connectivity index (χ3v) is 5.47. The topological polar surface area (TPSA) is 64.8 Å². The standard InChI is InChI=1S/C24H35N3O3/c1-16-11-17(2)24(18(3)12-16)25-23(29)15-26(6)14-22(28)21-13-19(4)27(20(21)5)9-8-10-30-7/h11-13H,8-10,14-15H2,1-7H3,(H,25,29)/p+1. The molecule has 1 atom stereocenters. The van der Waals surface area contributed by atoms with Crippen molar-refractivity contribution in [3.63, 3.8) is 0 Å². The minimum atomic E-state index is -0.0830. The SMILES string of the molecule is COCCCn1c(C)cc(C(=O)C[NH+](C)CC(=O)Nc2c(C)cc(C)cc2C)c1C. The van der Waals surface area contributed by atoms with Gasteiger partial charge in [-0.1, -0.05) is 17.7 Å². The van der Waals surface area contributed by atoms with Gasteiger partial charge in [0.25, 0.3) is 5.91 Å². The molecular weight excluding hydrogens is 378 g/mol. The molecule has 2 aromatic rings. The summed E-state index contributed by atoms with van der Waals surface area (Å²) >= 11 is 0. The highest BCUT2D eigenvalue weighted by Gasteiger charge is 2.21. The molecule has 0 bridgehead atoms.